The Morgan fingerprint density at radius 2 is 0.864 bits per heavy atom. The van der Waals surface area contributed by atoms with Gasteiger partial charge in [-0.3, -0.25) is 0 Å². The first-order chi connectivity index (χ1) is 9.92. The number of hydrogen-bond donors (Lipinski definition) is 0. The van der Waals surface area contributed by atoms with Gasteiger partial charge in [-0.1, -0.05) is 25.7 Å². The first-order valence-electron chi connectivity index (χ1n) is 9.36. The van der Waals surface area contributed by atoms with Gasteiger partial charge in [-0.2, -0.15) is 0 Å². The lowest BCUT2D eigenvalue weighted by Gasteiger charge is -2.40. The van der Waals surface area contributed by atoms with Gasteiger partial charge < -0.3 is 9.80 Å². The summed E-state index contributed by atoms with van der Waals surface area (Å²) < 4.78 is 0. The second-order valence-corrected chi connectivity index (χ2v) is 7.53. The van der Waals surface area contributed by atoms with Gasteiger partial charge in [0.15, 0.2) is 0 Å². The van der Waals surface area contributed by atoms with Crippen molar-refractivity contribution in [1.82, 2.24) is 9.80 Å². The number of halogens is 2. The molecule has 2 aliphatic heterocycles. The molecule has 0 radical (unpaired) electrons. The monoisotopic (exact) mass is 350 g/mol. The van der Waals surface area contributed by atoms with Crippen LogP contribution in [0, 0.1) is 11.8 Å². The summed E-state index contributed by atoms with van der Waals surface area (Å²) in [5.74, 6) is 2.01. The lowest BCUT2D eigenvalue weighted by molar-refractivity contribution is 0.0963. The van der Waals surface area contributed by atoms with Gasteiger partial charge in [0.25, 0.3) is 0 Å². The predicted molar refractivity (Wildman–Crippen MR) is 101 cm³/mol. The Morgan fingerprint density at radius 3 is 1.23 bits per heavy atom. The molecule has 3 fully saturated rings. The van der Waals surface area contributed by atoms with Crippen molar-refractivity contribution in [1.29, 1.82) is 0 Å². The van der Waals surface area contributed by atoms with Crippen LogP contribution in [0.5, 0.6) is 0 Å². The summed E-state index contributed by atoms with van der Waals surface area (Å²) in [6, 6.07) is 0. The van der Waals surface area contributed by atoms with Crippen LogP contribution in [-0.2, 0) is 0 Å². The minimum absolute atomic E-state index is 0. The molecule has 0 unspecified atom stereocenters. The number of piperidine rings is 2. The molecule has 1 aliphatic carbocycles. The van der Waals surface area contributed by atoms with Crippen LogP contribution in [0.2, 0.25) is 0 Å². The van der Waals surface area contributed by atoms with Crippen LogP contribution in [0.4, 0.5) is 0 Å². The average molecular weight is 351 g/mol. The first-order valence-corrected chi connectivity index (χ1v) is 9.36. The van der Waals surface area contributed by atoms with Crippen LogP contribution in [-0.4, -0.2) is 49.1 Å². The molecule has 2 heterocycles. The van der Waals surface area contributed by atoms with E-state index in [0.29, 0.717) is 0 Å². The summed E-state index contributed by atoms with van der Waals surface area (Å²) in [6.07, 6.45) is 14.7. The van der Waals surface area contributed by atoms with Crippen molar-refractivity contribution in [3.8, 4) is 0 Å². The molecule has 22 heavy (non-hydrogen) atoms. The maximum Gasteiger partial charge on any atom is 0.00128 e. The second-order valence-electron chi connectivity index (χ2n) is 7.53. The molecule has 0 N–H and O–H groups in total. The molecule has 4 heteroatoms. The maximum atomic E-state index is 2.78. The fourth-order valence-corrected chi connectivity index (χ4v) is 4.71. The fraction of sp³-hybridized carbons (Fsp3) is 1.00. The lowest BCUT2D eigenvalue weighted by atomic mass is 9.78. The zero-order valence-corrected chi connectivity index (χ0v) is 15.8. The SMILES string of the molecule is C1CCN(C[C@@H]2CCCC[C@H]2CN2CCCCC2)CC1.Cl.Cl. The molecule has 0 aromatic carbocycles. The Bertz CT molecular complexity index is 248. The van der Waals surface area contributed by atoms with E-state index in [-0.39, 0.29) is 24.8 Å². The van der Waals surface area contributed by atoms with Gasteiger partial charge in [-0.25, -0.2) is 0 Å². The van der Waals surface area contributed by atoms with Gasteiger partial charge in [0.1, 0.15) is 0 Å². The zero-order valence-electron chi connectivity index (χ0n) is 14.2. The van der Waals surface area contributed by atoms with Gasteiger partial charge in [0.05, 0.1) is 0 Å². The maximum absolute atomic E-state index is 2.78. The standard InChI is InChI=1S/C18H34N2.2ClH/c1-5-11-19(12-6-1)15-17-9-3-4-10-18(17)16-20-13-7-2-8-14-20;;/h17-18H,1-16H2;2*1H/t17-,18-;;/m0../s1. The highest BCUT2D eigenvalue weighted by atomic mass is 35.5. The number of rotatable bonds is 4. The van der Waals surface area contributed by atoms with Crippen LogP contribution in [0.25, 0.3) is 0 Å². The molecular weight excluding hydrogens is 315 g/mol. The van der Waals surface area contributed by atoms with Crippen molar-refractivity contribution in [2.24, 2.45) is 11.8 Å². The Labute approximate surface area is 150 Å². The number of hydrogen-bond acceptors (Lipinski definition) is 2. The van der Waals surface area contributed by atoms with E-state index in [2.05, 4.69) is 9.80 Å². The third-order valence-electron chi connectivity index (χ3n) is 5.95. The predicted octanol–water partition coefficient (Wildman–Crippen LogP) is 4.61. The molecular formula is C18H36Cl2N2. The van der Waals surface area contributed by atoms with Gasteiger partial charge in [0, 0.05) is 13.1 Å². The molecule has 132 valence electrons. The highest BCUT2D eigenvalue weighted by Crippen LogP contribution is 2.32. The summed E-state index contributed by atoms with van der Waals surface area (Å²) in [5.41, 5.74) is 0. The third kappa shape index (κ3) is 6.19. The number of nitrogens with zero attached hydrogens (tertiary/aromatic N) is 2. The Hall–Kier alpha value is 0.500. The molecule has 0 aromatic heterocycles. The zero-order chi connectivity index (χ0) is 13.6. The molecule has 0 bridgehead atoms. The Morgan fingerprint density at radius 1 is 0.500 bits per heavy atom. The molecule has 0 aromatic rings. The van der Waals surface area contributed by atoms with E-state index in [9.17, 15) is 0 Å². The Balaban J connectivity index is 0.00000121. The summed E-state index contributed by atoms with van der Waals surface area (Å²) in [5, 5.41) is 0. The minimum Gasteiger partial charge on any atom is -0.303 e. The normalized spacial score (nSPS) is 31.1. The smallest absolute Gasteiger partial charge is 0.00128 e. The molecule has 3 rings (SSSR count). The molecule has 3 aliphatic rings. The van der Waals surface area contributed by atoms with Crippen molar-refractivity contribution in [3.05, 3.63) is 0 Å². The van der Waals surface area contributed by atoms with E-state index >= 15 is 0 Å². The van der Waals surface area contributed by atoms with Crippen LogP contribution >= 0.6 is 24.8 Å². The van der Waals surface area contributed by atoms with E-state index < -0.39 is 0 Å². The highest BCUT2D eigenvalue weighted by Gasteiger charge is 2.29. The molecule has 1 saturated carbocycles. The molecule has 2 atom stereocenters. The second kappa shape index (κ2) is 11.1. The molecule has 2 nitrogen and oxygen atoms in total. The van der Waals surface area contributed by atoms with E-state index in [1.807, 2.05) is 0 Å². The molecule has 0 amide bonds. The van der Waals surface area contributed by atoms with Gasteiger partial charge in [0.2, 0.25) is 0 Å². The van der Waals surface area contributed by atoms with Crippen molar-refractivity contribution < 1.29 is 0 Å². The van der Waals surface area contributed by atoms with E-state index in [1.165, 1.54) is 103 Å². The Kier molecular flexibility index (Phi) is 10.4. The van der Waals surface area contributed by atoms with Gasteiger partial charge >= 0.3 is 0 Å². The van der Waals surface area contributed by atoms with Crippen LogP contribution in [0.15, 0.2) is 0 Å². The number of likely N-dealkylation sites (tertiary alicyclic amines) is 2. The minimum atomic E-state index is 0. The van der Waals surface area contributed by atoms with Crippen molar-refractivity contribution in [2.45, 2.75) is 64.2 Å². The fourth-order valence-electron chi connectivity index (χ4n) is 4.71. The highest BCUT2D eigenvalue weighted by molar-refractivity contribution is 5.85. The van der Waals surface area contributed by atoms with E-state index in [1.54, 1.807) is 0 Å². The van der Waals surface area contributed by atoms with E-state index in [4.69, 9.17) is 0 Å². The van der Waals surface area contributed by atoms with Crippen molar-refractivity contribution in [2.75, 3.05) is 39.3 Å². The lowest BCUT2D eigenvalue weighted by Crippen LogP contribution is -2.42. The summed E-state index contributed by atoms with van der Waals surface area (Å²) in [4.78, 5) is 5.56. The van der Waals surface area contributed by atoms with E-state index in [0.717, 1.165) is 11.8 Å². The quantitative estimate of drug-likeness (QED) is 0.730. The first kappa shape index (κ1) is 20.5. The van der Waals surface area contributed by atoms with Crippen molar-refractivity contribution >= 4 is 24.8 Å². The van der Waals surface area contributed by atoms with Crippen LogP contribution < -0.4 is 0 Å². The average Bonchev–Trinajstić information content (AvgIpc) is 2.51. The largest absolute Gasteiger partial charge is 0.303 e. The van der Waals surface area contributed by atoms with Gasteiger partial charge in [-0.05, 0) is 76.5 Å². The third-order valence-corrected chi connectivity index (χ3v) is 5.95. The summed E-state index contributed by atoms with van der Waals surface area (Å²) in [6.45, 7) is 8.36. The summed E-state index contributed by atoms with van der Waals surface area (Å²) in [7, 11) is 0. The van der Waals surface area contributed by atoms with Crippen LogP contribution in [0.1, 0.15) is 64.2 Å². The molecule has 0 spiro atoms. The molecule has 2 saturated heterocycles. The summed E-state index contributed by atoms with van der Waals surface area (Å²) >= 11 is 0. The van der Waals surface area contributed by atoms with Crippen LogP contribution in [0.3, 0.4) is 0 Å². The van der Waals surface area contributed by atoms with Gasteiger partial charge in [-0.15, -0.1) is 24.8 Å². The topological polar surface area (TPSA) is 6.48 Å². The van der Waals surface area contributed by atoms with Crippen molar-refractivity contribution in [3.63, 3.8) is 0 Å².